The van der Waals surface area contributed by atoms with Crippen LogP contribution in [0, 0.1) is 22.9 Å². The zero-order valence-corrected chi connectivity index (χ0v) is 26.1. The van der Waals surface area contributed by atoms with Gasteiger partial charge in [0, 0.05) is 47.4 Å². The zero-order valence-electron chi connectivity index (χ0n) is 26.1. The van der Waals surface area contributed by atoms with Gasteiger partial charge in [0.15, 0.2) is 0 Å². The number of nitro groups is 1. The summed E-state index contributed by atoms with van der Waals surface area (Å²) in [5, 5.41) is 11.9. The Labute approximate surface area is 270 Å². The third-order valence-corrected chi connectivity index (χ3v) is 9.54. The van der Waals surface area contributed by atoms with Gasteiger partial charge < -0.3 is 18.8 Å². The van der Waals surface area contributed by atoms with Crippen LogP contribution in [0.25, 0.3) is 22.3 Å². The second-order valence-corrected chi connectivity index (χ2v) is 12.8. The number of esters is 1. The van der Waals surface area contributed by atoms with Crippen LogP contribution >= 0.6 is 0 Å². The highest BCUT2D eigenvalue weighted by molar-refractivity contribution is 5.90. The van der Waals surface area contributed by atoms with Crippen molar-refractivity contribution in [1.82, 2.24) is 14.5 Å². The number of ether oxygens (including phenoxy) is 3. The van der Waals surface area contributed by atoms with E-state index in [2.05, 4.69) is 0 Å². The number of fused-ring (bicyclic) bond motifs is 5. The van der Waals surface area contributed by atoms with E-state index in [1.54, 1.807) is 24.8 Å². The molecule has 12 nitrogen and oxygen atoms in total. The van der Waals surface area contributed by atoms with Gasteiger partial charge in [-0.3, -0.25) is 19.8 Å². The molecule has 250 valence electrons. The molecule has 0 bridgehead atoms. The minimum Gasteiger partial charge on any atom is -0.457 e. The van der Waals surface area contributed by atoms with Crippen LogP contribution in [-0.2, 0) is 44.3 Å². The molecule has 0 saturated carbocycles. The number of halogens is 3. The first kappa shape index (κ1) is 31.5. The summed E-state index contributed by atoms with van der Waals surface area (Å²) in [5.74, 6) is -4.29. The second-order valence-electron chi connectivity index (χ2n) is 12.8. The lowest BCUT2D eigenvalue weighted by Gasteiger charge is -2.39. The number of likely N-dealkylation sites (tertiary alicyclic amines) is 1. The highest BCUT2D eigenvalue weighted by atomic mass is 19.3. The molecule has 0 N–H and O–H groups in total. The first-order chi connectivity index (χ1) is 22.6. The topological polar surface area (TPSA) is 143 Å². The van der Waals surface area contributed by atoms with Crippen molar-refractivity contribution >= 4 is 23.0 Å². The fraction of sp³-hybridized carbons (Fsp3) is 0.394. The number of hydrogen-bond donors (Lipinski definition) is 0. The molecule has 5 heterocycles. The number of carbonyl (C=O) groups excluding carboxylic acids is 2. The lowest BCUT2D eigenvalue weighted by atomic mass is 9.85. The molecule has 4 aliphatic rings. The summed E-state index contributed by atoms with van der Waals surface area (Å²) >= 11 is 0. The Hall–Kier alpha value is -5.05. The van der Waals surface area contributed by atoms with Crippen LogP contribution in [-0.4, -0.2) is 56.0 Å². The van der Waals surface area contributed by atoms with Gasteiger partial charge in [-0.1, -0.05) is 6.92 Å². The van der Waals surface area contributed by atoms with Gasteiger partial charge in [-0.05, 0) is 54.8 Å². The van der Waals surface area contributed by atoms with Gasteiger partial charge in [-0.2, -0.15) is 0 Å². The van der Waals surface area contributed by atoms with Crippen molar-refractivity contribution in [3.05, 3.63) is 96.3 Å². The van der Waals surface area contributed by atoms with Gasteiger partial charge in [0.25, 0.3) is 11.5 Å². The van der Waals surface area contributed by atoms with Crippen LogP contribution in [0.1, 0.15) is 54.5 Å². The Morgan fingerprint density at radius 1 is 1.19 bits per heavy atom. The lowest BCUT2D eigenvalue weighted by molar-refractivity contribution is -0.549. The van der Waals surface area contributed by atoms with Crippen LogP contribution in [0.15, 0.2) is 47.0 Å². The molecule has 1 unspecified atom stereocenters. The number of carbonyl (C=O) groups is 2. The Bertz CT molecular complexity index is 2090. The molecule has 0 amide bonds. The number of allylic oxidation sites excluding steroid dienone is 1. The van der Waals surface area contributed by atoms with Crippen LogP contribution in [0.5, 0.6) is 0 Å². The van der Waals surface area contributed by atoms with E-state index in [0.717, 1.165) is 0 Å². The predicted octanol–water partition coefficient (Wildman–Crippen LogP) is 5.02. The number of alkyl halides is 2. The van der Waals surface area contributed by atoms with Crippen LogP contribution in [0.2, 0.25) is 0 Å². The largest absolute Gasteiger partial charge is 0.515 e. The fourth-order valence-corrected chi connectivity index (χ4v) is 6.75. The summed E-state index contributed by atoms with van der Waals surface area (Å²) in [4.78, 5) is 57.6. The fourth-order valence-electron chi connectivity index (χ4n) is 6.75. The molecule has 3 aromatic rings. The SMILES string of the molecule is CC[C@@]1(OC(=O)OC2=CCC(C)([N+](=O)[O-])C=C2)C(=O)OCc2c1cc1n(c2=O)Cc2c-1nc1cc(F)c(C)cc1c2CN1CC(F)(F)C1. The van der Waals surface area contributed by atoms with Crippen LogP contribution < -0.4 is 5.56 Å². The molecule has 1 aromatic carbocycles. The van der Waals surface area contributed by atoms with Crippen molar-refractivity contribution in [2.24, 2.45) is 0 Å². The maximum atomic E-state index is 14.8. The molecule has 2 aromatic heterocycles. The minimum atomic E-state index is -2.82. The maximum absolute atomic E-state index is 14.8. The smallest absolute Gasteiger partial charge is 0.457 e. The number of benzene rings is 1. The summed E-state index contributed by atoms with van der Waals surface area (Å²) in [6, 6.07) is 4.39. The van der Waals surface area contributed by atoms with Crippen molar-refractivity contribution in [3.63, 3.8) is 0 Å². The molecule has 3 aliphatic heterocycles. The van der Waals surface area contributed by atoms with Gasteiger partial charge in [0.1, 0.15) is 18.2 Å². The number of rotatable bonds is 6. The van der Waals surface area contributed by atoms with E-state index in [9.17, 15) is 37.7 Å². The zero-order chi connectivity index (χ0) is 34.3. The van der Waals surface area contributed by atoms with E-state index in [-0.39, 0.29) is 54.0 Å². The molecule has 0 spiro atoms. The van der Waals surface area contributed by atoms with Crippen molar-refractivity contribution in [1.29, 1.82) is 0 Å². The molecular formula is C33H29F3N4O8. The molecule has 1 fully saturated rings. The number of hydrogen-bond acceptors (Lipinski definition) is 10. The van der Waals surface area contributed by atoms with E-state index in [4.69, 9.17) is 19.2 Å². The summed E-state index contributed by atoms with van der Waals surface area (Å²) in [6.07, 6.45) is 2.38. The quantitative estimate of drug-likeness (QED) is 0.156. The van der Waals surface area contributed by atoms with Gasteiger partial charge in [0.05, 0.1) is 42.1 Å². The number of cyclic esters (lactones) is 1. The Kier molecular flexibility index (Phi) is 7.05. The molecule has 1 saturated heterocycles. The first-order valence-corrected chi connectivity index (χ1v) is 15.3. The minimum absolute atomic E-state index is 0.0241. The third-order valence-electron chi connectivity index (χ3n) is 9.54. The monoisotopic (exact) mass is 666 g/mol. The van der Waals surface area contributed by atoms with Crippen molar-refractivity contribution in [2.45, 2.75) is 70.4 Å². The van der Waals surface area contributed by atoms with Gasteiger partial charge in [0.2, 0.25) is 11.1 Å². The predicted molar refractivity (Wildman–Crippen MR) is 162 cm³/mol. The third kappa shape index (κ3) is 4.86. The van der Waals surface area contributed by atoms with E-state index in [1.807, 2.05) is 0 Å². The molecule has 48 heavy (non-hydrogen) atoms. The van der Waals surface area contributed by atoms with Crippen molar-refractivity contribution in [3.8, 4) is 11.4 Å². The molecule has 15 heteroatoms. The van der Waals surface area contributed by atoms with Gasteiger partial charge >= 0.3 is 12.1 Å². The summed E-state index contributed by atoms with van der Waals surface area (Å²) < 4.78 is 60.1. The summed E-state index contributed by atoms with van der Waals surface area (Å²) in [7, 11) is 0. The lowest BCUT2D eigenvalue weighted by Crippen LogP contribution is -2.55. The van der Waals surface area contributed by atoms with Crippen molar-refractivity contribution in [2.75, 3.05) is 13.1 Å². The average molecular weight is 667 g/mol. The van der Waals surface area contributed by atoms with E-state index >= 15 is 0 Å². The normalized spacial score (nSPS) is 23.8. The van der Waals surface area contributed by atoms with E-state index in [1.165, 1.54) is 41.9 Å². The Balaban J connectivity index is 1.30. The summed E-state index contributed by atoms with van der Waals surface area (Å²) in [5.41, 5.74) is -1.46. The maximum Gasteiger partial charge on any atom is 0.515 e. The van der Waals surface area contributed by atoms with E-state index in [0.29, 0.717) is 27.8 Å². The van der Waals surface area contributed by atoms with Gasteiger partial charge in [-0.15, -0.1) is 0 Å². The first-order valence-electron chi connectivity index (χ1n) is 15.3. The van der Waals surface area contributed by atoms with Crippen molar-refractivity contribution < 1.29 is 41.9 Å². The molecule has 7 rings (SSSR count). The highest BCUT2D eigenvalue weighted by Crippen LogP contribution is 2.43. The Morgan fingerprint density at radius 2 is 1.94 bits per heavy atom. The highest BCUT2D eigenvalue weighted by Gasteiger charge is 2.51. The van der Waals surface area contributed by atoms with E-state index < -0.39 is 65.2 Å². The van der Waals surface area contributed by atoms with Crippen LogP contribution in [0.4, 0.5) is 18.0 Å². The molecule has 0 radical (unpaired) electrons. The second kappa shape index (κ2) is 10.7. The number of pyridine rings is 2. The number of aryl methyl sites for hydroxylation is 1. The molecular weight excluding hydrogens is 637 g/mol. The van der Waals surface area contributed by atoms with Crippen LogP contribution in [0.3, 0.4) is 0 Å². The Morgan fingerprint density at radius 3 is 2.58 bits per heavy atom. The average Bonchev–Trinajstić information content (AvgIpc) is 3.38. The number of aromatic nitrogens is 2. The number of nitrogens with zero attached hydrogens (tertiary/aromatic N) is 4. The molecule has 1 aliphatic carbocycles. The summed E-state index contributed by atoms with van der Waals surface area (Å²) in [6.45, 7) is 3.43. The molecule has 2 atom stereocenters. The van der Waals surface area contributed by atoms with Gasteiger partial charge in [-0.25, -0.2) is 27.7 Å². The standard InChI is InChI=1S/C33H29F3N4O8/c1-4-33(48-30(43)47-18-5-7-31(3,8-6-18)40(44)45)23-10-26-27-21(13-39(26)28(41)22(23)14-46-29(33)42)20(12-38-15-32(35,36)16-38)19-9-17(2)24(34)11-25(19)37-27/h5-7,9-11H,4,8,12-16H2,1-3H3/t31?,33-/m0/s1.